The Bertz CT molecular complexity index is 1470. The first-order valence-corrected chi connectivity index (χ1v) is 11.9. The first-order chi connectivity index (χ1) is 18.2. The van der Waals surface area contributed by atoms with Crippen molar-refractivity contribution in [2.24, 2.45) is 0 Å². The van der Waals surface area contributed by atoms with Crippen molar-refractivity contribution in [2.75, 3.05) is 7.11 Å². The predicted octanol–water partition coefficient (Wildman–Crippen LogP) is 5.45. The van der Waals surface area contributed by atoms with Crippen molar-refractivity contribution >= 4 is 5.91 Å². The molecule has 0 aliphatic carbocycles. The van der Waals surface area contributed by atoms with Gasteiger partial charge in [0, 0.05) is 36.3 Å². The largest absolute Gasteiger partial charge is 0.496 e. The molecule has 0 saturated carbocycles. The number of carbonyl (C=O) groups is 1. The van der Waals surface area contributed by atoms with Crippen LogP contribution in [0.4, 0.5) is 0 Å². The maximum Gasteiger partial charge on any atom is 0.255 e. The van der Waals surface area contributed by atoms with E-state index in [0.29, 0.717) is 30.2 Å². The summed E-state index contributed by atoms with van der Waals surface area (Å²) in [6.07, 6.45) is 5.27. The highest BCUT2D eigenvalue weighted by Gasteiger charge is 2.21. The van der Waals surface area contributed by atoms with Crippen molar-refractivity contribution < 1.29 is 14.3 Å². The SMILES string of the molecule is COc1ccccc1-c1nn(-c2ccccc2)cc1C(=O)NCc1ccc(OCc2cccnc2)cc1. The van der Waals surface area contributed by atoms with E-state index in [4.69, 9.17) is 14.6 Å². The Morgan fingerprint density at radius 3 is 2.43 bits per heavy atom. The normalized spacial score (nSPS) is 10.6. The average molecular weight is 491 g/mol. The molecular formula is C30H26N4O3. The van der Waals surface area contributed by atoms with Gasteiger partial charge in [-0.15, -0.1) is 0 Å². The van der Waals surface area contributed by atoms with Gasteiger partial charge in [0.15, 0.2) is 0 Å². The Labute approximate surface area is 215 Å². The number of pyridine rings is 1. The Hall–Kier alpha value is -4.91. The van der Waals surface area contributed by atoms with Crippen LogP contribution in [0.1, 0.15) is 21.5 Å². The van der Waals surface area contributed by atoms with Gasteiger partial charge in [0.2, 0.25) is 0 Å². The number of amides is 1. The van der Waals surface area contributed by atoms with Crippen molar-refractivity contribution in [3.05, 3.63) is 126 Å². The fourth-order valence-electron chi connectivity index (χ4n) is 3.92. The zero-order valence-electron chi connectivity index (χ0n) is 20.4. The van der Waals surface area contributed by atoms with E-state index in [0.717, 1.165) is 28.1 Å². The molecule has 0 atom stereocenters. The van der Waals surface area contributed by atoms with Crippen LogP contribution in [-0.2, 0) is 13.2 Å². The van der Waals surface area contributed by atoms with Crippen LogP contribution in [0.3, 0.4) is 0 Å². The second kappa shape index (κ2) is 11.2. The molecule has 0 bridgehead atoms. The molecule has 5 rings (SSSR count). The third-order valence-corrected chi connectivity index (χ3v) is 5.85. The minimum atomic E-state index is -0.222. The van der Waals surface area contributed by atoms with Crippen LogP contribution in [0.2, 0.25) is 0 Å². The molecule has 0 fully saturated rings. The van der Waals surface area contributed by atoms with Crippen LogP contribution in [0.5, 0.6) is 11.5 Å². The third-order valence-electron chi connectivity index (χ3n) is 5.85. The van der Waals surface area contributed by atoms with Gasteiger partial charge in [-0.2, -0.15) is 5.10 Å². The number of hydrogen-bond acceptors (Lipinski definition) is 5. The summed E-state index contributed by atoms with van der Waals surface area (Å²) in [4.78, 5) is 17.4. The van der Waals surface area contributed by atoms with Crippen molar-refractivity contribution in [3.8, 4) is 28.4 Å². The Kier molecular flexibility index (Phi) is 7.22. The number of nitrogens with one attached hydrogen (secondary N) is 1. The van der Waals surface area contributed by atoms with Gasteiger partial charge in [-0.1, -0.05) is 48.5 Å². The van der Waals surface area contributed by atoms with Gasteiger partial charge in [-0.05, 0) is 48.0 Å². The standard InChI is InChI=1S/C30H26N4O3/c1-36-28-12-6-5-11-26(28)29-27(20-34(33-29)24-9-3-2-4-10-24)30(35)32-19-22-13-15-25(16-14-22)37-21-23-8-7-17-31-18-23/h2-18,20H,19,21H2,1H3,(H,32,35). The summed E-state index contributed by atoms with van der Waals surface area (Å²) in [7, 11) is 1.61. The van der Waals surface area contributed by atoms with E-state index in [1.807, 2.05) is 91.0 Å². The maximum atomic E-state index is 13.3. The number of para-hydroxylation sites is 2. The lowest BCUT2D eigenvalue weighted by molar-refractivity contribution is 0.0951. The van der Waals surface area contributed by atoms with Gasteiger partial charge in [-0.3, -0.25) is 9.78 Å². The third kappa shape index (κ3) is 5.67. The molecule has 0 radical (unpaired) electrons. The van der Waals surface area contributed by atoms with Crippen LogP contribution in [0.15, 0.2) is 110 Å². The van der Waals surface area contributed by atoms with E-state index < -0.39 is 0 Å². The molecule has 0 aliphatic rings. The Morgan fingerprint density at radius 2 is 1.68 bits per heavy atom. The molecular weight excluding hydrogens is 464 g/mol. The topological polar surface area (TPSA) is 78.3 Å². The smallest absolute Gasteiger partial charge is 0.255 e. The fourth-order valence-corrected chi connectivity index (χ4v) is 3.92. The van der Waals surface area contributed by atoms with E-state index in [1.54, 1.807) is 30.4 Å². The summed E-state index contributed by atoms with van der Waals surface area (Å²) in [6.45, 7) is 0.810. The van der Waals surface area contributed by atoms with Crippen molar-refractivity contribution in [1.29, 1.82) is 0 Å². The zero-order chi connectivity index (χ0) is 25.5. The molecule has 7 nitrogen and oxygen atoms in total. The number of methoxy groups -OCH3 is 1. The van der Waals surface area contributed by atoms with Crippen LogP contribution in [-0.4, -0.2) is 27.8 Å². The lowest BCUT2D eigenvalue weighted by atomic mass is 10.1. The fraction of sp³-hybridized carbons (Fsp3) is 0.100. The number of ether oxygens (including phenoxy) is 2. The van der Waals surface area contributed by atoms with Gasteiger partial charge in [0.25, 0.3) is 5.91 Å². The molecule has 5 aromatic rings. The van der Waals surface area contributed by atoms with Crippen LogP contribution in [0, 0.1) is 0 Å². The van der Waals surface area contributed by atoms with Gasteiger partial charge in [0.05, 0.1) is 18.4 Å². The summed E-state index contributed by atoms with van der Waals surface area (Å²) in [5, 5.41) is 7.77. The second-order valence-corrected chi connectivity index (χ2v) is 8.35. The van der Waals surface area contributed by atoms with Crippen LogP contribution < -0.4 is 14.8 Å². The van der Waals surface area contributed by atoms with Gasteiger partial charge in [-0.25, -0.2) is 4.68 Å². The van der Waals surface area contributed by atoms with E-state index >= 15 is 0 Å². The summed E-state index contributed by atoms with van der Waals surface area (Å²) < 4.78 is 13.1. The highest BCUT2D eigenvalue weighted by molar-refractivity contribution is 6.00. The van der Waals surface area contributed by atoms with Crippen molar-refractivity contribution in [2.45, 2.75) is 13.2 Å². The van der Waals surface area contributed by atoms with E-state index in [1.165, 1.54) is 0 Å². The average Bonchev–Trinajstić information content (AvgIpc) is 3.42. The molecule has 3 aromatic carbocycles. The molecule has 184 valence electrons. The highest BCUT2D eigenvalue weighted by atomic mass is 16.5. The van der Waals surface area contributed by atoms with Crippen LogP contribution >= 0.6 is 0 Å². The minimum Gasteiger partial charge on any atom is -0.496 e. The van der Waals surface area contributed by atoms with E-state index in [9.17, 15) is 4.79 Å². The Balaban J connectivity index is 1.32. The molecule has 37 heavy (non-hydrogen) atoms. The molecule has 7 heteroatoms. The van der Waals surface area contributed by atoms with Gasteiger partial charge >= 0.3 is 0 Å². The summed E-state index contributed by atoms with van der Waals surface area (Å²) in [5.74, 6) is 1.18. The predicted molar refractivity (Wildman–Crippen MR) is 142 cm³/mol. The maximum absolute atomic E-state index is 13.3. The van der Waals surface area contributed by atoms with Crippen LogP contribution in [0.25, 0.3) is 16.9 Å². The number of rotatable bonds is 9. The monoisotopic (exact) mass is 490 g/mol. The first kappa shape index (κ1) is 23.8. The van der Waals surface area contributed by atoms with Gasteiger partial charge < -0.3 is 14.8 Å². The lowest BCUT2D eigenvalue weighted by Crippen LogP contribution is -2.23. The van der Waals surface area contributed by atoms with E-state index in [2.05, 4.69) is 10.3 Å². The number of carbonyl (C=O) groups excluding carboxylic acids is 1. The molecule has 0 spiro atoms. The molecule has 2 heterocycles. The zero-order valence-corrected chi connectivity index (χ0v) is 20.4. The second-order valence-electron chi connectivity index (χ2n) is 8.35. The molecule has 0 aliphatic heterocycles. The highest BCUT2D eigenvalue weighted by Crippen LogP contribution is 2.31. The molecule has 1 N–H and O–H groups in total. The number of benzene rings is 3. The molecule has 2 aromatic heterocycles. The first-order valence-electron chi connectivity index (χ1n) is 11.9. The van der Waals surface area contributed by atoms with Crippen molar-refractivity contribution in [1.82, 2.24) is 20.1 Å². The Morgan fingerprint density at radius 1 is 0.892 bits per heavy atom. The number of hydrogen-bond donors (Lipinski definition) is 1. The molecule has 1 amide bonds. The summed E-state index contributed by atoms with van der Waals surface area (Å²) >= 11 is 0. The van der Waals surface area contributed by atoms with Crippen molar-refractivity contribution in [3.63, 3.8) is 0 Å². The summed E-state index contributed by atoms with van der Waals surface area (Å²) in [5.41, 5.74) is 4.58. The molecule has 0 saturated heterocycles. The number of nitrogens with zero attached hydrogens (tertiary/aromatic N) is 3. The molecule has 0 unspecified atom stereocenters. The van der Waals surface area contributed by atoms with E-state index in [-0.39, 0.29) is 5.91 Å². The quantitative estimate of drug-likeness (QED) is 0.297. The number of aromatic nitrogens is 3. The minimum absolute atomic E-state index is 0.222. The summed E-state index contributed by atoms with van der Waals surface area (Å²) in [6, 6.07) is 28.8. The lowest BCUT2D eigenvalue weighted by Gasteiger charge is -2.09. The van der Waals surface area contributed by atoms with Gasteiger partial charge in [0.1, 0.15) is 23.8 Å².